The Morgan fingerprint density at radius 3 is 1.83 bits per heavy atom. The number of hydrogen-bond acceptors (Lipinski definition) is 15. The molecule has 7 amide bonds. The molecule has 1 fully saturated rings. The van der Waals surface area contributed by atoms with Gasteiger partial charge in [-0.25, -0.2) is 4.79 Å². The van der Waals surface area contributed by atoms with E-state index in [-0.39, 0.29) is 45.2 Å². The van der Waals surface area contributed by atoms with Crippen LogP contribution in [-0.4, -0.2) is 168 Å². The highest BCUT2D eigenvalue weighted by atomic mass is 16.6. The van der Waals surface area contributed by atoms with Crippen LogP contribution in [0, 0.1) is 5.41 Å². The minimum atomic E-state index is -1.67. The molecule has 0 aromatic heterocycles. The fraction of sp³-hybridized carbons (Fsp3) is 0.458. The number of benzene rings is 3. The zero-order valence-corrected chi connectivity index (χ0v) is 39.1. The molecule has 1 aliphatic carbocycles. The van der Waals surface area contributed by atoms with Gasteiger partial charge >= 0.3 is 12.1 Å². The van der Waals surface area contributed by atoms with Crippen molar-refractivity contribution >= 4 is 47.5 Å². The van der Waals surface area contributed by atoms with Crippen molar-refractivity contribution in [3.05, 3.63) is 95.6 Å². The largest absolute Gasteiger partial charge is 0.481 e. The van der Waals surface area contributed by atoms with Crippen LogP contribution < -0.4 is 37.2 Å². The topological polar surface area (TPSA) is 350 Å². The van der Waals surface area contributed by atoms with Gasteiger partial charge < -0.3 is 77.0 Å². The molecule has 7 atom stereocenters. The molecular formula is C48H61N7O16. The normalized spacial score (nSPS) is 19.1. The van der Waals surface area contributed by atoms with Crippen molar-refractivity contribution in [3.63, 3.8) is 0 Å². The zero-order chi connectivity index (χ0) is 51.7. The van der Waals surface area contributed by atoms with Gasteiger partial charge in [-0.05, 0) is 48.1 Å². The van der Waals surface area contributed by atoms with Gasteiger partial charge in [0.15, 0.2) is 0 Å². The van der Waals surface area contributed by atoms with Crippen LogP contribution in [0.5, 0.6) is 0 Å². The third-order valence-corrected chi connectivity index (χ3v) is 11.7. The van der Waals surface area contributed by atoms with Gasteiger partial charge in [0.2, 0.25) is 35.4 Å². The SMILES string of the molecule is CC(C)(COCNC(=O)CNC(=O)[C@H](Cc1ccccc1)NC(=O)CNC(=O)CNC(=O)[C@H](CCC(=O)NC[C@@H]1O[C@H](CO)[C@@H](O)[C@H](O)[C@H]1O)NC(=O)OCC1c2ccccc2-c2ccccc21)C(=O)O. The van der Waals surface area contributed by atoms with E-state index >= 15 is 0 Å². The van der Waals surface area contributed by atoms with Gasteiger partial charge in [-0.1, -0.05) is 78.9 Å². The van der Waals surface area contributed by atoms with E-state index < -0.39 is 128 Å². The first-order valence-corrected chi connectivity index (χ1v) is 22.8. The second-order valence-corrected chi connectivity index (χ2v) is 17.5. The average Bonchev–Trinajstić information content (AvgIpc) is 3.68. The van der Waals surface area contributed by atoms with Crippen LogP contribution in [0.4, 0.5) is 4.79 Å². The minimum absolute atomic E-state index is 0.00125. The summed E-state index contributed by atoms with van der Waals surface area (Å²) in [5.74, 6) is -6.03. The third kappa shape index (κ3) is 16.0. The Labute approximate surface area is 408 Å². The highest BCUT2D eigenvalue weighted by Gasteiger charge is 2.43. The maximum Gasteiger partial charge on any atom is 0.407 e. The second-order valence-electron chi connectivity index (χ2n) is 17.5. The summed E-state index contributed by atoms with van der Waals surface area (Å²) in [7, 11) is 0. The Morgan fingerprint density at radius 2 is 1.21 bits per heavy atom. The number of alkyl carbamates (subject to hydrolysis) is 1. The molecular weight excluding hydrogens is 931 g/mol. The Hall–Kier alpha value is -7.02. The van der Waals surface area contributed by atoms with E-state index in [0.29, 0.717) is 5.56 Å². The van der Waals surface area contributed by atoms with Gasteiger partial charge in [0, 0.05) is 25.3 Å². The van der Waals surface area contributed by atoms with Crippen molar-refractivity contribution in [2.75, 3.05) is 52.7 Å². The van der Waals surface area contributed by atoms with E-state index in [1.54, 1.807) is 30.3 Å². The molecule has 0 radical (unpaired) electrons. The number of ether oxygens (including phenoxy) is 3. The van der Waals surface area contributed by atoms with Crippen molar-refractivity contribution < 1.29 is 78.1 Å². The monoisotopic (exact) mass is 991 g/mol. The van der Waals surface area contributed by atoms with Gasteiger partial charge in [0.25, 0.3) is 0 Å². The molecule has 0 bridgehead atoms. The summed E-state index contributed by atoms with van der Waals surface area (Å²) in [6, 6.07) is 21.3. The number of carboxylic acids is 1. The predicted octanol–water partition coefficient (Wildman–Crippen LogP) is -2.09. The average molecular weight is 992 g/mol. The lowest BCUT2D eigenvalue weighted by molar-refractivity contribution is -0.227. The predicted molar refractivity (Wildman–Crippen MR) is 249 cm³/mol. The summed E-state index contributed by atoms with van der Waals surface area (Å²) < 4.78 is 16.3. The molecule has 2 aliphatic rings. The van der Waals surface area contributed by atoms with Crippen LogP contribution in [0.25, 0.3) is 11.1 Å². The van der Waals surface area contributed by atoms with Gasteiger partial charge in [0.1, 0.15) is 55.9 Å². The quantitative estimate of drug-likeness (QED) is 0.0320. The molecule has 0 saturated carbocycles. The highest BCUT2D eigenvalue weighted by molar-refractivity contribution is 5.94. The molecule has 1 saturated heterocycles. The number of rotatable bonds is 25. The van der Waals surface area contributed by atoms with Crippen LogP contribution in [0.15, 0.2) is 78.9 Å². The van der Waals surface area contributed by atoms with Crippen LogP contribution >= 0.6 is 0 Å². The first-order valence-electron chi connectivity index (χ1n) is 22.8. The molecule has 71 heavy (non-hydrogen) atoms. The van der Waals surface area contributed by atoms with E-state index in [1.165, 1.54) is 13.8 Å². The lowest BCUT2D eigenvalue weighted by atomic mass is 9.95. The van der Waals surface area contributed by atoms with Crippen molar-refractivity contribution in [3.8, 4) is 11.1 Å². The number of carbonyl (C=O) groups is 8. The number of amides is 7. The van der Waals surface area contributed by atoms with Crippen molar-refractivity contribution in [2.45, 2.75) is 81.6 Å². The molecule has 0 unspecified atom stereocenters. The molecule has 1 aliphatic heterocycles. The van der Waals surface area contributed by atoms with E-state index in [9.17, 15) is 63.9 Å². The zero-order valence-electron chi connectivity index (χ0n) is 39.1. The number of aliphatic hydroxyl groups is 4. The van der Waals surface area contributed by atoms with Crippen molar-refractivity contribution in [1.29, 1.82) is 0 Å². The van der Waals surface area contributed by atoms with E-state index in [0.717, 1.165) is 22.3 Å². The van der Waals surface area contributed by atoms with Gasteiger partial charge in [-0.2, -0.15) is 0 Å². The van der Waals surface area contributed by atoms with Gasteiger partial charge in [0.05, 0.1) is 38.3 Å². The third-order valence-electron chi connectivity index (χ3n) is 11.7. The van der Waals surface area contributed by atoms with Gasteiger partial charge in [-0.3, -0.25) is 33.6 Å². The Balaban J connectivity index is 1.14. The highest BCUT2D eigenvalue weighted by Crippen LogP contribution is 2.44. The molecule has 3 aromatic carbocycles. The number of nitrogens with one attached hydrogen (secondary N) is 7. The molecule has 0 spiro atoms. The fourth-order valence-corrected chi connectivity index (χ4v) is 7.67. The number of carboxylic acid groups (broad SMARTS) is 1. The van der Waals surface area contributed by atoms with Crippen molar-refractivity contribution in [2.24, 2.45) is 5.41 Å². The molecule has 12 N–H and O–H groups in total. The van der Waals surface area contributed by atoms with Crippen LogP contribution in [0.3, 0.4) is 0 Å². The lowest BCUT2D eigenvalue weighted by Gasteiger charge is -2.40. The minimum Gasteiger partial charge on any atom is -0.481 e. The molecule has 1 heterocycles. The number of aliphatic carboxylic acids is 1. The molecule has 384 valence electrons. The molecule has 23 heteroatoms. The smallest absolute Gasteiger partial charge is 0.407 e. The first kappa shape index (κ1) is 54.9. The maximum atomic E-state index is 13.5. The summed E-state index contributed by atoms with van der Waals surface area (Å²) >= 11 is 0. The number of fused-ring (bicyclic) bond motifs is 3. The summed E-state index contributed by atoms with van der Waals surface area (Å²) in [4.78, 5) is 103. The van der Waals surface area contributed by atoms with Crippen LogP contribution in [0.1, 0.15) is 49.3 Å². The van der Waals surface area contributed by atoms with Gasteiger partial charge in [-0.15, -0.1) is 0 Å². The lowest BCUT2D eigenvalue weighted by Crippen LogP contribution is -2.60. The van der Waals surface area contributed by atoms with E-state index in [2.05, 4.69) is 37.2 Å². The van der Waals surface area contributed by atoms with Crippen LogP contribution in [-0.2, 0) is 54.2 Å². The summed E-state index contributed by atoms with van der Waals surface area (Å²) in [5.41, 5.74) is 3.31. The molecule has 3 aromatic rings. The van der Waals surface area contributed by atoms with E-state index in [1.807, 2.05) is 48.5 Å². The molecule has 23 nitrogen and oxygen atoms in total. The standard InChI is InChI=1S/C48H61N7O16/c1-48(2,46(66)67)25-69-26-53-39(59)21-52-45(65)34(18-27-10-4-3-5-11-27)54-40(60)22-50-38(58)20-51-44(64)33(16-17-37(57)49-19-35-41(61)43(63)42(62)36(23-56)71-35)55-47(68)70-24-32-30-14-8-6-12-28(30)29-13-7-9-15-31(29)32/h3-15,32-36,41-43,56,61-63H,16-26H2,1-2H3,(H,49,57)(H,50,58)(H,51,64)(H,52,65)(H,53,59)(H,54,60)(H,55,68)(H,66,67)/t33-,34-,35-,36+,41-,42+,43+/m0/s1. The first-order chi connectivity index (χ1) is 33.9. The number of aliphatic hydroxyl groups excluding tert-OH is 4. The molecule has 5 rings (SSSR count). The number of hydrogen-bond donors (Lipinski definition) is 12. The number of carbonyl (C=O) groups excluding carboxylic acids is 7. The fourth-order valence-electron chi connectivity index (χ4n) is 7.67. The van der Waals surface area contributed by atoms with Crippen LogP contribution in [0.2, 0.25) is 0 Å². The second kappa shape index (κ2) is 26.3. The Bertz CT molecular complexity index is 2310. The summed E-state index contributed by atoms with van der Waals surface area (Å²) in [6.07, 6.45) is -9.02. The maximum absolute atomic E-state index is 13.5. The van der Waals surface area contributed by atoms with Crippen molar-refractivity contribution in [1.82, 2.24) is 37.2 Å². The summed E-state index contributed by atoms with van der Waals surface area (Å²) in [5, 5.41) is 66.2. The summed E-state index contributed by atoms with van der Waals surface area (Å²) in [6.45, 7) is -0.587. The Morgan fingerprint density at radius 1 is 0.648 bits per heavy atom. The van der Waals surface area contributed by atoms with E-state index in [4.69, 9.17) is 14.2 Å². The Kier molecular flexibility index (Phi) is 20.3.